The van der Waals surface area contributed by atoms with Crippen molar-refractivity contribution >= 4 is 28.5 Å². The fraction of sp³-hybridized carbons (Fsp3) is 0.406. The Bertz CT molecular complexity index is 1450. The minimum absolute atomic E-state index is 0.0501. The van der Waals surface area contributed by atoms with E-state index in [1.165, 1.54) is 17.7 Å². The molecule has 0 fully saturated rings. The van der Waals surface area contributed by atoms with Gasteiger partial charge in [0.05, 0.1) is 18.7 Å². The van der Waals surface area contributed by atoms with E-state index in [4.69, 9.17) is 9.52 Å². The molecule has 4 aromatic rings. The summed E-state index contributed by atoms with van der Waals surface area (Å²) in [5, 5.41) is 18.0. The van der Waals surface area contributed by atoms with Crippen LogP contribution in [0.5, 0.6) is 0 Å². The molecule has 2 atom stereocenters. The summed E-state index contributed by atoms with van der Waals surface area (Å²) in [6, 6.07) is 13.6. The summed E-state index contributed by atoms with van der Waals surface area (Å²) in [7, 11) is 3.54. The van der Waals surface area contributed by atoms with Crippen LogP contribution in [0.15, 0.2) is 59.3 Å². The summed E-state index contributed by atoms with van der Waals surface area (Å²) in [4.78, 5) is 25.0. The molecule has 2 N–H and O–H groups in total. The molecule has 2 heterocycles. The van der Waals surface area contributed by atoms with Crippen molar-refractivity contribution in [2.75, 3.05) is 18.9 Å². The summed E-state index contributed by atoms with van der Waals surface area (Å²) < 4.78 is 8.31. The molecule has 212 valence electrons. The van der Waals surface area contributed by atoms with E-state index in [9.17, 15) is 9.59 Å². The number of carbonyl (C=O) groups excluding carboxylic acids is 1. The second kappa shape index (κ2) is 12.9. The van der Waals surface area contributed by atoms with Gasteiger partial charge in [-0.05, 0) is 61.2 Å². The number of nitrogens with zero attached hydrogens (tertiary/aromatic N) is 3. The maximum atomic E-state index is 12.7. The van der Waals surface area contributed by atoms with Gasteiger partial charge in [0, 0.05) is 54.6 Å². The van der Waals surface area contributed by atoms with Crippen molar-refractivity contribution in [3.05, 3.63) is 71.7 Å². The maximum Gasteiger partial charge on any atom is 0.305 e. The fourth-order valence-electron chi connectivity index (χ4n) is 5.11. The van der Waals surface area contributed by atoms with Crippen LogP contribution in [0, 0.1) is 12.8 Å². The molecule has 0 saturated heterocycles. The second-order valence-electron chi connectivity index (χ2n) is 10.7. The molecule has 0 saturated carbocycles. The summed E-state index contributed by atoms with van der Waals surface area (Å²) in [6.07, 6.45) is 8.37. The molecule has 0 aliphatic heterocycles. The molecule has 0 spiro atoms. The van der Waals surface area contributed by atoms with E-state index in [2.05, 4.69) is 43.3 Å². The highest BCUT2D eigenvalue weighted by Crippen LogP contribution is 2.38. The fourth-order valence-corrected chi connectivity index (χ4v) is 5.11. The highest BCUT2D eigenvalue weighted by molar-refractivity contribution is 5.94. The van der Waals surface area contributed by atoms with Crippen LogP contribution in [0.4, 0.5) is 5.69 Å². The number of unbranched alkanes of at least 4 members (excludes halogenated alkanes) is 2. The lowest BCUT2D eigenvalue weighted by Crippen LogP contribution is -2.29. The number of carboxylic acid groups (broad SMARTS) is 1. The molecule has 4 rings (SSSR count). The molecule has 40 heavy (non-hydrogen) atoms. The van der Waals surface area contributed by atoms with Crippen LogP contribution in [-0.4, -0.2) is 45.3 Å². The van der Waals surface area contributed by atoms with Crippen molar-refractivity contribution in [2.24, 2.45) is 13.0 Å². The van der Waals surface area contributed by atoms with Crippen LogP contribution >= 0.6 is 0 Å². The van der Waals surface area contributed by atoms with E-state index in [-0.39, 0.29) is 24.9 Å². The van der Waals surface area contributed by atoms with Crippen molar-refractivity contribution < 1.29 is 19.1 Å². The Morgan fingerprint density at radius 2 is 1.88 bits per heavy atom. The molecule has 8 heteroatoms. The number of carboxylic acids is 1. The number of hydrogen-bond acceptors (Lipinski definition) is 5. The number of aryl methyl sites for hydroxylation is 2. The van der Waals surface area contributed by atoms with E-state index in [0.717, 1.165) is 51.9 Å². The molecule has 8 nitrogen and oxygen atoms in total. The monoisotopic (exact) mass is 544 g/mol. The third-order valence-electron chi connectivity index (χ3n) is 7.59. The number of anilines is 1. The molecule has 2 unspecified atom stereocenters. The van der Waals surface area contributed by atoms with Crippen LogP contribution in [0.25, 0.3) is 22.1 Å². The Kier molecular flexibility index (Phi) is 9.30. The average Bonchev–Trinajstić information content (AvgIpc) is 3.52. The Morgan fingerprint density at radius 3 is 2.52 bits per heavy atom. The zero-order valence-electron chi connectivity index (χ0n) is 24.1. The van der Waals surface area contributed by atoms with Gasteiger partial charge < -0.3 is 19.7 Å². The Balaban J connectivity index is 1.60. The first-order valence-corrected chi connectivity index (χ1v) is 14.0. The number of nitrogens with one attached hydrogen (secondary N) is 1. The number of aromatic nitrogens is 2. The van der Waals surface area contributed by atoms with Gasteiger partial charge in [0.2, 0.25) is 0 Å². The normalized spacial score (nSPS) is 12.8. The lowest BCUT2D eigenvalue weighted by molar-refractivity contribution is -0.137. The van der Waals surface area contributed by atoms with E-state index >= 15 is 0 Å². The SMILES string of the molecule is CCCCCC(C)C(Nc1ccc(C(=O)N(C)CCC(=O)O)cc1)c1oc2ccc(-c3cnn(C)c3)cc2c1C. The van der Waals surface area contributed by atoms with Gasteiger partial charge in [-0.25, -0.2) is 0 Å². The molecule has 0 aliphatic carbocycles. The minimum atomic E-state index is -0.924. The van der Waals surface area contributed by atoms with Crippen LogP contribution in [0.2, 0.25) is 0 Å². The number of carbonyl (C=O) groups is 2. The molecule has 2 aromatic carbocycles. The van der Waals surface area contributed by atoms with Gasteiger partial charge in [-0.1, -0.05) is 39.2 Å². The van der Waals surface area contributed by atoms with Crippen LogP contribution in [-0.2, 0) is 11.8 Å². The summed E-state index contributed by atoms with van der Waals surface area (Å²) in [5.74, 6) is 0.116. The quantitative estimate of drug-likeness (QED) is 0.175. The van der Waals surface area contributed by atoms with Gasteiger partial charge in [-0.2, -0.15) is 5.10 Å². The largest absolute Gasteiger partial charge is 0.481 e. The van der Waals surface area contributed by atoms with Crippen molar-refractivity contribution in [3.8, 4) is 11.1 Å². The van der Waals surface area contributed by atoms with Gasteiger partial charge in [-0.15, -0.1) is 0 Å². The Morgan fingerprint density at radius 1 is 1.12 bits per heavy atom. The van der Waals surface area contributed by atoms with E-state index < -0.39 is 5.97 Å². The summed E-state index contributed by atoms with van der Waals surface area (Å²) >= 11 is 0. The number of hydrogen-bond donors (Lipinski definition) is 2. The second-order valence-corrected chi connectivity index (χ2v) is 10.7. The number of rotatable bonds is 13. The van der Waals surface area contributed by atoms with E-state index in [0.29, 0.717) is 11.5 Å². The van der Waals surface area contributed by atoms with Gasteiger partial charge in [0.1, 0.15) is 11.3 Å². The highest BCUT2D eigenvalue weighted by atomic mass is 16.4. The third kappa shape index (κ3) is 6.73. The number of aliphatic carboxylic acids is 1. The predicted molar refractivity (Wildman–Crippen MR) is 158 cm³/mol. The van der Waals surface area contributed by atoms with E-state index in [1.807, 2.05) is 37.6 Å². The van der Waals surface area contributed by atoms with Crippen molar-refractivity contribution in [3.63, 3.8) is 0 Å². The van der Waals surface area contributed by atoms with Crippen molar-refractivity contribution in [2.45, 2.75) is 58.9 Å². The molecular weight excluding hydrogens is 504 g/mol. The molecular formula is C32H40N4O4. The number of furan rings is 1. The first-order valence-electron chi connectivity index (χ1n) is 14.0. The number of fused-ring (bicyclic) bond motifs is 1. The first kappa shape index (κ1) is 28.9. The zero-order chi connectivity index (χ0) is 28.8. The lowest BCUT2D eigenvalue weighted by atomic mass is 9.91. The smallest absolute Gasteiger partial charge is 0.305 e. The number of amides is 1. The number of benzene rings is 2. The third-order valence-corrected chi connectivity index (χ3v) is 7.59. The summed E-state index contributed by atoms with van der Waals surface area (Å²) in [6.45, 7) is 6.76. The molecule has 1 amide bonds. The Labute approximate surface area is 236 Å². The molecule has 0 bridgehead atoms. The maximum absolute atomic E-state index is 12.7. The van der Waals surface area contributed by atoms with E-state index in [1.54, 1.807) is 23.9 Å². The lowest BCUT2D eigenvalue weighted by Gasteiger charge is -2.25. The molecule has 0 aliphatic rings. The zero-order valence-corrected chi connectivity index (χ0v) is 24.1. The first-order chi connectivity index (χ1) is 19.2. The van der Waals surface area contributed by atoms with Crippen LogP contribution in [0.1, 0.15) is 73.7 Å². The van der Waals surface area contributed by atoms with Gasteiger partial charge in [0.25, 0.3) is 5.91 Å². The van der Waals surface area contributed by atoms with Gasteiger partial charge in [0.15, 0.2) is 0 Å². The average molecular weight is 545 g/mol. The van der Waals surface area contributed by atoms with Crippen LogP contribution in [0.3, 0.4) is 0 Å². The predicted octanol–water partition coefficient (Wildman–Crippen LogP) is 7.06. The van der Waals surface area contributed by atoms with Crippen LogP contribution < -0.4 is 5.32 Å². The van der Waals surface area contributed by atoms with Crippen molar-refractivity contribution in [1.29, 1.82) is 0 Å². The molecule has 0 radical (unpaired) electrons. The minimum Gasteiger partial charge on any atom is -0.481 e. The highest BCUT2D eigenvalue weighted by Gasteiger charge is 2.26. The topological polar surface area (TPSA) is 101 Å². The van der Waals surface area contributed by atoms with Gasteiger partial charge in [-0.3, -0.25) is 14.3 Å². The van der Waals surface area contributed by atoms with Gasteiger partial charge >= 0.3 is 5.97 Å². The molecule has 2 aromatic heterocycles. The standard InChI is InChI=1S/C32H40N4O4/c1-6-7-8-9-21(2)30(34-26-13-10-23(11-14-26)32(39)35(4)17-16-29(37)38)31-22(3)27-18-24(12-15-28(27)40-31)25-19-33-36(5)20-25/h10-15,18-21,30,34H,6-9,16-17H2,1-5H3,(H,37,38). The summed E-state index contributed by atoms with van der Waals surface area (Å²) in [5.41, 5.74) is 5.56. The van der Waals surface area contributed by atoms with Crippen molar-refractivity contribution in [1.82, 2.24) is 14.7 Å². The Hall–Kier alpha value is -4.07.